The van der Waals surface area contributed by atoms with Crippen LogP contribution in [0.3, 0.4) is 0 Å². The van der Waals surface area contributed by atoms with Crippen LogP contribution in [0.4, 0.5) is 0 Å². The van der Waals surface area contributed by atoms with Gasteiger partial charge in [0.05, 0.1) is 18.8 Å². The van der Waals surface area contributed by atoms with Crippen LogP contribution in [0.15, 0.2) is 54.6 Å². The monoisotopic (exact) mass is 532 g/mol. The highest BCUT2D eigenvalue weighted by molar-refractivity contribution is 5.87. The minimum absolute atomic E-state index is 0.0332. The summed E-state index contributed by atoms with van der Waals surface area (Å²) >= 11 is 0. The number of unbranched alkanes of at least 4 members (excludes halogenated alkanes) is 2. The van der Waals surface area contributed by atoms with Gasteiger partial charge in [0.25, 0.3) is 0 Å². The summed E-state index contributed by atoms with van der Waals surface area (Å²) in [6.07, 6.45) is 14.0. The second-order valence-electron chi connectivity index (χ2n) is 11.9. The van der Waals surface area contributed by atoms with Gasteiger partial charge in [-0.15, -0.1) is 0 Å². The lowest BCUT2D eigenvalue weighted by molar-refractivity contribution is -0.140. The molecule has 2 atom stereocenters. The van der Waals surface area contributed by atoms with Crippen molar-refractivity contribution in [3.8, 4) is 0 Å². The van der Waals surface area contributed by atoms with Gasteiger partial charge in [-0.1, -0.05) is 68.8 Å². The van der Waals surface area contributed by atoms with E-state index >= 15 is 0 Å². The van der Waals surface area contributed by atoms with Crippen LogP contribution in [0.25, 0.3) is 0 Å². The van der Waals surface area contributed by atoms with Crippen molar-refractivity contribution in [3.05, 3.63) is 82.4 Å². The summed E-state index contributed by atoms with van der Waals surface area (Å²) in [5.74, 6) is 1.77. The molecule has 0 spiro atoms. The molecule has 0 aliphatic heterocycles. The molecule has 4 nitrogen and oxygen atoms in total. The highest BCUT2D eigenvalue weighted by Crippen LogP contribution is 2.43. The quantitative estimate of drug-likeness (QED) is 0.167. The maximum atomic E-state index is 12.0. The molecule has 4 heteroatoms. The first kappa shape index (κ1) is 29.6. The predicted molar refractivity (Wildman–Crippen MR) is 158 cm³/mol. The van der Waals surface area contributed by atoms with Crippen LogP contribution in [0, 0.1) is 11.8 Å². The smallest absolute Gasteiger partial charge is 0.335 e. The van der Waals surface area contributed by atoms with E-state index in [4.69, 9.17) is 14.6 Å². The second-order valence-corrected chi connectivity index (χ2v) is 11.9. The summed E-state index contributed by atoms with van der Waals surface area (Å²) in [5.41, 5.74) is 7.18. The molecule has 0 radical (unpaired) electrons. The number of benzene rings is 2. The van der Waals surface area contributed by atoms with E-state index in [1.807, 2.05) is 0 Å². The first-order valence-electron chi connectivity index (χ1n) is 15.2. The highest BCUT2D eigenvalue weighted by Gasteiger charge is 2.31. The molecule has 0 heterocycles. The minimum Gasteiger partial charge on any atom is -0.462 e. The third-order valence-corrected chi connectivity index (χ3v) is 9.19. The first-order valence-corrected chi connectivity index (χ1v) is 15.2. The summed E-state index contributed by atoms with van der Waals surface area (Å²) in [6, 6.07) is 16.3. The van der Waals surface area contributed by atoms with Crippen LogP contribution in [-0.4, -0.2) is 38.0 Å². The van der Waals surface area contributed by atoms with Gasteiger partial charge in [-0.25, -0.2) is 4.79 Å². The zero-order chi connectivity index (χ0) is 27.6. The van der Waals surface area contributed by atoms with E-state index in [9.17, 15) is 4.79 Å². The lowest BCUT2D eigenvalue weighted by Crippen LogP contribution is -2.26. The lowest BCUT2D eigenvalue weighted by Gasteiger charge is -2.37. The fraction of sp³-hybridized carbons (Fsp3) is 0.571. The molecule has 2 aromatic rings. The predicted octanol–water partition coefficient (Wildman–Crippen LogP) is 7.32. The molecule has 2 unspecified atom stereocenters. The fourth-order valence-electron chi connectivity index (χ4n) is 6.70. The van der Waals surface area contributed by atoms with Gasteiger partial charge in [-0.05, 0) is 103 Å². The number of hydrogen-bond acceptors (Lipinski definition) is 4. The normalized spacial score (nSPS) is 21.7. The van der Waals surface area contributed by atoms with Crippen LogP contribution in [0.1, 0.15) is 97.9 Å². The first-order chi connectivity index (χ1) is 19.0. The molecule has 4 rings (SSSR count). The Morgan fingerprint density at radius 3 is 2.44 bits per heavy atom. The largest absolute Gasteiger partial charge is 0.462 e. The van der Waals surface area contributed by atoms with Crippen molar-refractivity contribution in [2.45, 2.75) is 89.4 Å². The maximum Gasteiger partial charge on any atom is 0.335 e. The molecule has 0 saturated heterocycles. The summed E-state index contributed by atoms with van der Waals surface area (Å²) < 4.78 is 10.8. The van der Waals surface area contributed by atoms with Gasteiger partial charge in [0, 0.05) is 13.0 Å². The van der Waals surface area contributed by atoms with Crippen molar-refractivity contribution in [2.24, 2.45) is 11.8 Å². The summed E-state index contributed by atoms with van der Waals surface area (Å²) in [4.78, 5) is 12.0. The number of carbonyl (C=O) groups excluding carboxylic acids is 1. The average Bonchev–Trinajstić information content (AvgIpc) is 2.98. The Bertz CT molecular complexity index is 1060. The Hall–Kier alpha value is -2.43. The van der Waals surface area contributed by atoms with Crippen LogP contribution < -0.4 is 0 Å². The number of fused-ring (bicyclic) bond motifs is 1. The number of aliphatic hydroxyl groups is 1. The average molecular weight is 533 g/mol. The Balaban J connectivity index is 1.29. The van der Waals surface area contributed by atoms with E-state index in [1.165, 1.54) is 80.9 Å². The fourth-order valence-corrected chi connectivity index (χ4v) is 6.70. The number of carbonyl (C=O) groups is 1. The third-order valence-electron chi connectivity index (χ3n) is 9.19. The molecule has 2 aliphatic rings. The Kier molecular flexibility index (Phi) is 11.2. The lowest BCUT2D eigenvalue weighted by atomic mass is 9.68. The third kappa shape index (κ3) is 8.05. The van der Waals surface area contributed by atoms with Gasteiger partial charge >= 0.3 is 5.97 Å². The SMILES string of the molecule is C=C(CO)C(=O)OCC(COC)c1ccc2c(c1)CCC(C1CCC(c3ccc(CCCCC)cc3)CC1)C2. The molecule has 0 amide bonds. The van der Waals surface area contributed by atoms with Crippen LogP contribution in [0.5, 0.6) is 0 Å². The molecule has 2 aliphatic carbocycles. The molecule has 212 valence electrons. The van der Waals surface area contributed by atoms with Gasteiger partial charge in [0.2, 0.25) is 0 Å². The van der Waals surface area contributed by atoms with Crippen molar-refractivity contribution >= 4 is 5.97 Å². The van der Waals surface area contributed by atoms with E-state index in [0.29, 0.717) is 6.61 Å². The van der Waals surface area contributed by atoms with Crippen LogP contribution in [0.2, 0.25) is 0 Å². The summed E-state index contributed by atoms with van der Waals surface area (Å²) in [6.45, 7) is 6.13. The van der Waals surface area contributed by atoms with Crippen molar-refractivity contribution in [1.82, 2.24) is 0 Å². The molecule has 1 N–H and O–H groups in total. The number of aliphatic hydroxyl groups excluding tert-OH is 1. The van der Waals surface area contributed by atoms with Gasteiger partial charge in [-0.3, -0.25) is 0 Å². The topological polar surface area (TPSA) is 55.8 Å². The van der Waals surface area contributed by atoms with E-state index < -0.39 is 5.97 Å². The number of esters is 1. The van der Waals surface area contributed by atoms with Crippen molar-refractivity contribution in [1.29, 1.82) is 0 Å². The maximum absolute atomic E-state index is 12.0. The molecular weight excluding hydrogens is 484 g/mol. The zero-order valence-electron chi connectivity index (χ0n) is 24.1. The number of hydrogen-bond donors (Lipinski definition) is 1. The van der Waals surface area contributed by atoms with Crippen molar-refractivity contribution in [3.63, 3.8) is 0 Å². The molecule has 0 bridgehead atoms. The van der Waals surface area contributed by atoms with E-state index in [0.717, 1.165) is 29.7 Å². The standard InChI is InChI=1S/C35H48O4/c1-4-5-6-7-26-8-10-27(11-9-26)28-12-14-29(15-13-28)30-16-17-32-21-33(19-18-31(32)20-30)34(23-38-3)24-39-35(37)25(2)22-36/h8-11,18-19,21,28-30,34,36H,2,4-7,12-17,20,22-24H2,1,3H3. The van der Waals surface area contributed by atoms with Gasteiger partial charge in [0.15, 0.2) is 0 Å². The van der Waals surface area contributed by atoms with Gasteiger partial charge < -0.3 is 14.6 Å². The molecular formula is C35H48O4. The number of ether oxygens (including phenoxy) is 2. The molecule has 2 aromatic carbocycles. The zero-order valence-corrected chi connectivity index (χ0v) is 24.1. The Morgan fingerprint density at radius 1 is 0.974 bits per heavy atom. The second kappa shape index (κ2) is 14.8. The van der Waals surface area contributed by atoms with E-state index in [-0.39, 0.29) is 24.7 Å². The number of aryl methyl sites for hydroxylation is 2. The van der Waals surface area contributed by atoms with Crippen molar-refractivity contribution in [2.75, 3.05) is 26.9 Å². The van der Waals surface area contributed by atoms with Crippen molar-refractivity contribution < 1.29 is 19.4 Å². The van der Waals surface area contributed by atoms with Gasteiger partial charge in [0.1, 0.15) is 6.61 Å². The number of rotatable bonds is 13. The molecule has 1 fully saturated rings. The summed E-state index contributed by atoms with van der Waals surface area (Å²) in [7, 11) is 1.67. The molecule has 39 heavy (non-hydrogen) atoms. The Morgan fingerprint density at radius 2 is 1.74 bits per heavy atom. The Labute approximate surface area is 235 Å². The van der Waals surface area contributed by atoms with Crippen LogP contribution in [-0.2, 0) is 33.5 Å². The minimum atomic E-state index is -0.548. The molecule has 0 aromatic heterocycles. The summed E-state index contributed by atoms with van der Waals surface area (Å²) in [5, 5.41) is 9.12. The van der Waals surface area contributed by atoms with Gasteiger partial charge in [-0.2, -0.15) is 0 Å². The molecule has 1 saturated carbocycles. The van der Waals surface area contributed by atoms with E-state index in [2.05, 4.69) is 56.0 Å². The van der Waals surface area contributed by atoms with E-state index in [1.54, 1.807) is 12.7 Å². The highest BCUT2D eigenvalue weighted by atomic mass is 16.5. The number of methoxy groups -OCH3 is 1. The van der Waals surface area contributed by atoms with Crippen LogP contribution >= 0.6 is 0 Å².